The molecule has 1 aliphatic carbocycles. The average Bonchev–Trinajstić information content (AvgIpc) is 2.85. The van der Waals surface area contributed by atoms with E-state index in [1.807, 2.05) is 20.8 Å². The molecule has 0 unspecified atom stereocenters. The molecule has 0 bridgehead atoms. The number of aryl methyl sites for hydroxylation is 4. The van der Waals surface area contributed by atoms with Crippen molar-refractivity contribution in [2.24, 2.45) is 0 Å². The van der Waals surface area contributed by atoms with Crippen LogP contribution < -0.4 is 10.6 Å². The van der Waals surface area contributed by atoms with Gasteiger partial charge in [-0.25, -0.2) is 4.79 Å². The van der Waals surface area contributed by atoms with Crippen molar-refractivity contribution in [3.8, 4) is 0 Å². The van der Waals surface area contributed by atoms with Crippen molar-refractivity contribution in [1.82, 2.24) is 5.32 Å². The number of carbonyl (C=O) groups is 3. The van der Waals surface area contributed by atoms with E-state index >= 15 is 0 Å². The van der Waals surface area contributed by atoms with Gasteiger partial charge >= 0.3 is 6.09 Å². The van der Waals surface area contributed by atoms with Gasteiger partial charge in [0.1, 0.15) is 5.00 Å². The number of fused-ring (bicyclic) bond motifs is 1. The number of benzene rings is 1. The maximum absolute atomic E-state index is 12.9. The van der Waals surface area contributed by atoms with Gasteiger partial charge in [0, 0.05) is 4.88 Å². The van der Waals surface area contributed by atoms with Crippen LogP contribution in [0.5, 0.6) is 0 Å². The SMILES string of the molecule is COC(=O)NC(=O)c1c(NC(=O)Cc2c(C)cc(C)cc2C)sc2c1CCCCC2. The first-order valence-electron chi connectivity index (χ1n) is 10.2. The number of ether oxygens (including phenoxy) is 1. The lowest BCUT2D eigenvalue weighted by Gasteiger charge is -2.12. The van der Waals surface area contributed by atoms with Gasteiger partial charge in [-0.05, 0) is 68.7 Å². The van der Waals surface area contributed by atoms with Crippen LogP contribution in [-0.4, -0.2) is 25.0 Å². The lowest BCUT2D eigenvalue weighted by molar-refractivity contribution is -0.115. The summed E-state index contributed by atoms with van der Waals surface area (Å²) in [6.07, 6.45) is 4.22. The van der Waals surface area contributed by atoms with Crippen LogP contribution in [0.25, 0.3) is 0 Å². The minimum absolute atomic E-state index is 0.173. The van der Waals surface area contributed by atoms with E-state index in [4.69, 9.17) is 0 Å². The van der Waals surface area contributed by atoms with E-state index < -0.39 is 12.0 Å². The lowest BCUT2D eigenvalue weighted by Crippen LogP contribution is -2.31. The quantitative estimate of drug-likeness (QED) is 0.696. The summed E-state index contributed by atoms with van der Waals surface area (Å²) in [6.45, 7) is 6.05. The molecule has 0 saturated carbocycles. The van der Waals surface area contributed by atoms with Gasteiger partial charge in [0.15, 0.2) is 0 Å². The molecule has 0 radical (unpaired) electrons. The summed E-state index contributed by atoms with van der Waals surface area (Å²) in [5, 5.41) is 5.70. The zero-order chi connectivity index (χ0) is 21.8. The van der Waals surface area contributed by atoms with E-state index in [0.29, 0.717) is 10.6 Å². The van der Waals surface area contributed by atoms with Gasteiger partial charge in [-0.2, -0.15) is 0 Å². The molecule has 1 aromatic carbocycles. The standard InChI is InChI=1S/C23H28N2O4S/c1-13-10-14(2)17(15(3)11-13)12-19(26)24-22-20(21(27)25-23(28)29-4)16-8-6-5-7-9-18(16)30-22/h10-11H,5-9,12H2,1-4H3,(H,24,26)(H,25,27,28). The monoisotopic (exact) mass is 428 g/mol. The number of thiophene rings is 1. The number of amides is 3. The number of anilines is 1. The van der Waals surface area contributed by atoms with Crippen LogP contribution in [0.4, 0.5) is 9.80 Å². The summed E-state index contributed by atoms with van der Waals surface area (Å²) in [7, 11) is 1.21. The van der Waals surface area contributed by atoms with Gasteiger partial charge in [-0.1, -0.05) is 24.1 Å². The summed E-state index contributed by atoms with van der Waals surface area (Å²) in [5.41, 5.74) is 5.65. The molecule has 0 atom stereocenters. The molecule has 0 aliphatic heterocycles. The second kappa shape index (κ2) is 9.43. The minimum Gasteiger partial charge on any atom is -0.453 e. The predicted octanol–water partition coefficient (Wildman–Crippen LogP) is 4.62. The average molecular weight is 429 g/mol. The number of hydrogen-bond donors (Lipinski definition) is 2. The second-order valence-corrected chi connectivity index (χ2v) is 8.92. The predicted molar refractivity (Wildman–Crippen MR) is 118 cm³/mol. The third-order valence-electron chi connectivity index (χ3n) is 5.48. The number of methoxy groups -OCH3 is 1. The van der Waals surface area contributed by atoms with E-state index in [9.17, 15) is 14.4 Å². The van der Waals surface area contributed by atoms with Crippen molar-refractivity contribution in [3.05, 3.63) is 50.4 Å². The van der Waals surface area contributed by atoms with Gasteiger partial charge in [-0.15, -0.1) is 11.3 Å². The molecule has 2 aromatic rings. The first-order chi connectivity index (χ1) is 14.3. The van der Waals surface area contributed by atoms with E-state index in [1.165, 1.54) is 18.4 Å². The minimum atomic E-state index is -0.809. The van der Waals surface area contributed by atoms with Gasteiger partial charge in [0.05, 0.1) is 19.1 Å². The highest BCUT2D eigenvalue weighted by Gasteiger charge is 2.27. The van der Waals surface area contributed by atoms with Crippen LogP contribution in [0.15, 0.2) is 12.1 Å². The molecular weight excluding hydrogens is 400 g/mol. The fraction of sp³-hybridized carbons (Fsp3) is 0.435. The van der Waals surface area contributed by atoms with Crippen LogP contribution in [0.2, 0.25) is 0 Å². The summed E-state index contributed by atoms with van der Waals surface area (Å²) in [5.74, 6) is -0.701. The Hall–Kier alpha value is -2.67. The van der Waals surface area contributed by atoms with Gasteiger partial charge < -0.3 is 10.1 Å². The smallest absolute Gasteiger partial charge is 0.413 e. The van der Waals surface area contributed by atoms with Crippen molar-refractivity contribution in [3.63, 3.8) is 0 Å². The Morgan fingerprint density at radius 2 is 1.70 bits per heavy atom. The third kappa shape index (κ3) is 4.90. The van der Waals surface area contributed by atoms with Crippen molar-refractivity contribution >= 4 is 34.2 Å². The summed E-state index contributed by atoms with van der Waals surface area (Å²) < 4.78 is 4.57. The fourth-order valence-electron chi connectivity index (χ4n) is 4.10. The van der Waals surface area contributed by atoms with Crippen molar-refractivity contribution in [2.45, 2.75) is 59.3 Å². The van der Waals surface area contributed by atoms with Crippen LogP contribution >= 0.6 is 11.3 Å². The lowest BCUT2D eigenvalue weighted by atomic mass is 9.97. The molecule has 160 valence electrons. The fourth-order valence-corrected chi connectivity index (χ4v) is 5.40. The summed E-state index contributed by atoms with van der Waals surface area (Å²) in [4.78, 5) is 38.4. The van der Waals surface area contributed by atoms with Crippen molar-refractivity contribution < 1.29 is 19.1 Å². The van der Waals surface area contributed by atoms with E-state index in [2.05, 4.69) is 27.5 Å². The number of carbonyl (C=O) groups excluding carboxylic acids is 3. The maximum atomic E-state index is 12.9. The molecule has 0 spiro atoms. The summed E-state index contributed by atoms with van der Waals surface area (Å²) in [6, 6.07) is 4.14. The molecule has 1 aliphatic rings. The van der Waals surface area contributed by atoms with Gasteiger partial charge in [0.25, 0.3) is 5.91 Å². The molecule has 7 heteroatoms. The molecule has 6 nitrogen and oxygen atoms in total. The number of imide groups is 1. The van der Waals surface area contributed by atoms with Crippen LogP contribution in [0.1, 0.15) is 62.3 Å². The maximum Gasteiger partial charge on any atom is 0.413 e. The van der Waals surface area contributed by atoms with Gasteiger partial charge in [-0.3, -0.25) is 14.9 Å². The molecule has 3 amide bonds. The zero-order valence-electron chi connectivity index (χ0n) is 17.9. The first-order valence-corrected chi connectivity index (χ1v) is 11.0. The highest BCUT2D eigenvalue weighted by Crippen LogP contribution is 2.37. The first kappa shape index (κ1) is 22.0. The van der Waals surface area contributed by atoms with Gasteiger partial charge in [0.2, 0.25) is 5.91 Å². The van der Waals surface area contributed by atoms with Crippen LogP contribution in [0, 0.1) is 20.8 Å². The van der Waals surface area contributed by atoms with E-state index in [-0.39, 0.29) is 12.3 Å². The zero-order valence-corrected chi connectivity index (χ0v) is 18.8. The Bertz CT molecular complexity index is 970. The molecule has 3 rings (SSSR count). The normalized spacial score (nSPS) is 13.2. The number of alkyl carbamates (subject to hydrolysis) is 1. The van der Waals surface area contributed by atoms with Crippen LogP contribution in [-0.2, 0) is 28.8 Å². The van der Waals surface area contributed by atoms with Crippen molar-refractivity contribution in [1.29, 1.82) is 0 Å². The van der Waals surface area contributed by atoms with E-state index in [0.717, 1.165) is 64.8 Å². The van der Waals surface area contributed by atoms with Crippen LogP contribution in [0.3, 0.4) is 0 Å². The second-order valence-electron chi connectivity index (χ2n) is 7.82. The Morgan fingerprint density at radius 1 is 1.03 bits per heavy atom. The molecule has 2 N–H and O–H groups in total. The largest absolute Gasteiger partial charge is 0.453 e. The molecule has 0 saturated heterocycles. The highest BCUT2D eigenvalue weighted by atomic mass is 32.1. The van der Waals surface area contributed by atoms with Crippen molar-refractivity contribution in [2.75, 3.05) is 12.4 Å². The summed E-state index contributed by atoms with van der Waals surface area (Å²) >= 11 is 1.44. The third-order valence-corrected chi connectivity index (χ3v) is 6.69. The number of nitrogens with one attached hydrogen (secondary N) is 2. The Kier molecular flexibility index (Phi) is 6.92. The molecule has 30 heavy (non-hydrogen) atoms. The number of rotatable bonds is 4. The highest BCUT2D eigenvalue weighted by molar-refractivity contribution is 7.17. The Morgan fingerprint density at radius 3 is 2.37 bits per heavy atom. The number of hydrogen-bond acceptors (Lipinski definition) is 5. The Labute approximate surface area is 181 Å². The molecule has 1 heterocycles. The Balaban J connectivity index is 1.88. The topological polar surface area (TPSA) is 84.5 Å². The van der Waals surface area contributed by atoms with E-state index in [1.54, 1.807) is 0 Å². The molecule has 0 fully saturated rings. The molecular formula is C23H28N2O4S. The molecule has 1 aromatic heterocycles.